The van der Waals surface area contributed by atoms with Gasteiger partial charge in [0.1, 0.15) is 12.4 Å². The van der Waals surface area contributed by atoms with Crippen LogP contribution in [0.1, 0.15) is 12.5 Å². The highest BCUT2D eigenvalue weighted by Gasteiger charge is 2.28. The zero-order valence-electron chi connectivity index (χ0n) is 12.6. The molecule has 1 aliphatic rings. The van der Waals surface area contributed by atoms with Gasteiger partial charge in [0.05, 0.1) is 0 Å². The lowest BCUT2D eigenvalue weighted by molar-refractivity contribution is -0.121. The van der Waals surface area contributed by atoms with E-state index in [-0.39, 0.29) is 24.2 Å². The molecule has 1 fully saturated rings. The van der Waals surface area contributed by atoms with Crippen LogP contribution in [0.2, 0.25) is 0 Å². The molecule has 1 aromatic rings. The number of rotatable bonds is 6. The van der Waals surface area contributed by atoms with Crippen LogP contribution in [0, 0.1) is 18.8 Å². The average molecular weight is 335 g/mol. The van der Waals surface area contributed by atoms with E-state index in [1.54, 1.807) is 25.1 Å². The van der Waals surface area contributed by atoms with Crippen molar-refractivity contribution in [2.24, 2.45) is 11.8 Å². The maximum atomic E-state index is 12.2. The minimum Gasteiger partial charge on any atom is -0.487 e. The molecule has 0 aliphatic carbocycles. The maximum Gasteiger partial charge on any atom is 0.272 e. The molecule has 4 nitrogen and oxygen atoms in total. The predicted octanol–water partition coefficient (Wildman–Crippen LogP) is 2.85. The van der Waals surface area contributed by atoms with Gasteiger partial charge in [-0.05, 0) is 37.6 Å². The van der Waals surface area contributed by atoms with Gasteiger partial charge < -0.3 is 15.4 Å². The van der Waals surface area contributed by atoms with Gasteiger partial charge in [-0.3, -0.25) is 4.79 Å². The molecule has 1 heterocycles. The van der Waals surface area contributed by atoms with Crippen LogP contribution in [0.25, 0.3) is 0 Å². The molecule has 1 unspecified atom stereocenters. The smallest absolute Gasteiger partial charge is 0.272 e. The van der Waals surface area contributed by atoms with Crippen LogP contribution >= 0.6 is 12.4 Å². The van der Waals surface area contributed by atoms with E-state index >= 15 is 0 Å². The van der Waals surface area contributed by atoms with Gasteiger partial charge in [0.2, 0.25) is 5.91 Å². The molecule has 0 saturated carbocycles. The summed E-state index contributed by atoms with van der Waals surface area (Å²) >= 11 is 0. The van der Waals surface area contributed by atoms with Gasteiger partial charge in [0, 0.05) is 17.7 Å². The molecule has 1 saturated heterocycles. The molecule has 0 aromatic heterocycles. The molecule has 2 N–H and O–H groups in total. The Morgan fingerprint density at radius 2 is 2.14 bits per heavy atom. The van der Waals surface area contributed by atoms with Crippen LogP contribution in [0.15, 0.2) is 18.2 Å². The second-order valence-corrected chi connectivity index (χ2v) is 5.38. The van der Waals surface area contributed by atoms with Crippen molar-refractivity contribution in [1.82, 2.24) is 5.32 Å². The van der Waals surface area contributed by atoms with Crippen molar-refractivity contribution in [2.75, 3.05) is 25.0 Å². The Labute approximate surface area is 135 Å². The van der Waals surface area contributed by atoms with Gasteiger partial charge in [-0.15, -0.1) is 12.4 Å². The lowest BCUT2D eigenvalue weighted by atomic mass is 9.88. The number of hydrogen-bond acceptors (Lipinski definition) is 3. The monoisotopic (exact) mass is 334 g/mol. The third-order valence-electron chi connectivity index (χ3n) is 3.75. The van der Waals surface area contributed by atoms with Gasteiger partial charge >= 0.3 is 0 Å². The predicted molar refractivity (Wildman–Crippen MR) is 84.1 cm³/mol. The van der Waals surface area contributed by atoms with E-state index in [0.29, 0.717) is 17.4 Å². The summed E-state index contributed by atoms with van der Waals surface area (Å²) in [7, 11) is 0. The fourth-order valence-corrected chi connectivity index (χ4v) is 2.12. The van der Waals surface area contributed by atoms with Crippen molar-refractivity contribution in [3.63, 3.8) is 0 Å². The van der Waals surface area contributed by atoms with Crippen molar-refractivity contribution in [2.45, 2.75) is 20.3 Å². The molecule has 2 rings (SSSR count). The van der Waals surface area contributed by atoms with Crippen LogP contribution in [-0.4, -0.2) is 32.0 Å². The molecular formula is C15H21ClF2N2O2. The highest BCUT2D eigenvalue weighted by Crippen LogP contribution is 2.24. The fraction of sp³-hybridized carbons (Fsp3) is 0.533. The third kappa shape index (κ3) is 4.81. The topological polar surface area (TPSA) is 50.4 Å². The first kappa shape index (κ1) is 18.6. The summed E-state index contributed by atoms with van der Waals surface area (Å²) in [6, 6.07) is 5.07. The molecule has 0 radical (unpaired) electrons. The summed E-state index contributed by atoms with van der Waals surface area (Å²) in [4.78, 5) is 12.1. The van der Waals surface area contributed by atoms with Crippen molar-refractivity contribution < 1.29 is 18.3 Å². The number of aryl methyl sites for hydroxylation is 1. The average Bonchev–Trinajstić information content (AvgIpc) is 2.37. The molecular weight excluding hydrogens is 314 g/mol. The largest absolute Gasteiger partial charge is 0.487 e. The Bertz CT molecular complexity index is 510. The van der Waals surface area contributed by atoms with Crippen molar-refractivity contribution in [3.8, 4) is 5.75 Å². The van der Waals surface area contributed by atoms with Crippen molar-refractivity contribution >= 4 is 24.0 Å². The fourth-order valence-electron chi connectivity index (χ4n) is 2.12. The van der Waals surface area contributed by atoms with E-state index in [9.17, 15) is 13.6 Å². The summed E-state index contributed by atoms with van der Waals surface area (Å²) < 4.78 is 29.5. The number of halogens is 3. The van der Waals surface area contributed by atoms with Gasteiger partial charge in [-0.1, -0.05) is 13.0 Å². The standard InChI is InChI=1S/C15H20F2N2O2.ClH/c1-9-3-4-12(5-13(9)21-8-14(16)17)19-15(20)10(2)11-6-18-7-11;/h3-5,10-11,14,18H,6-8H2,1-2H3,(H,19,20);1H. The second kappa shape index (κ2) is 8.29. The molecule has 1 aromatic carbocycles. The number of carbonyl (C=O) groups is 1. The number of benzene rings is 1. The number of nitrogens with one attached hydrogen (secondary N) is 2. The molecule has 0 spiro atoms. The molecule has 1 aliphatic heterocycles. The Hall–Kier alpha value is -1.40. The second-order valence-electron chi connectivity index (χ2n) is 5.38. The van der Waals surface area contributed by atoms with Crippen LogP contribution in [0.4, 0.5) is 14.5 Å². The van der Waals surface area contributed by atoms with Gasteiger partial charge in [0.15, 0.2) is 0 Å². The first-order valence-electron chi connectivity index (χ1n) is 7.00. The van der Waals surface area contributed by atoms with Crippen LogP contribution in [0.3, 0.4) is 0 Å². The highest BCUT2D eigenvalue weighted by atomic mass is 35.5. The van der Waals surface area contributed by atoms with E-state index in [4.69, 9.17) is 4.74 Å². The SMILES string of the molecule is Cc1ccc(NC(=O)C(C)C2CNC2)cc1OCC(F)F.Cl. The molecule has 22 heavy (non-hydrogen) atoms. The minimum absolute atomic E-state index is 0. The van der Waals surface area contributed by atoms with E-state index in [2.05, 4.69) is 10.6 Å². The van der Waals surface area contributed by atoms with Gasteiger partial charge in [0.25, 0.3) is 6.43 Å². The zero-order valence-corrected chi connectivity index (χ0v) is 13.4. The lowest BCUT2D eigenvalue weighted by Crippen LogP contribution is -2.48. The first-order chi connectivity index (χ1) is 9.97. The zero-order chi connectivity index (χ0) is 15.4. The molecule has 1 atom stereocenters. The highest BCUT2D eigenvalue weighted by molar-refractivity contribution is 5.92. The van der Waals surface area contributed by atoms with E-state index in [1.807, 2.05) is 6.92 Å². The van der Waals surface area contributed by atoms with Crippen LogP contribution in [-0.2, 0) is 4.79 Å². The Morgan fingerprint density at radius 1 is 1.45 bits per heavy atom. The van der Waals surface area contributed by atoms with Crippen molar-refractivity contribution in [1.29, 1.82) is 0 Å². The third-order valence-corrected chi connectivity index (χ3v) is 3.75. The summed E-state index contributed by atoms with van der Waals surface area (Å²) in [5.41, 5.74) is 1.32. The molecule has 7 heteroatoms. The number of amides is 1. The summed E-state index contributed by atoms with van der Waals surface area (Å²) in [5.74, 6) is 0.569. The van der Waals surface area contributed by atoms with Crippen LogP contribution in [0.5, 0.6) is 5.75 Å². The van der Waals surface area contributed by atoms with E-state index < -0.39 is 13.0 Å². The number of carbonyl (C=O) groups excluding carboxylic acids is 1. The van der Waals surface area contributed by atoms with E-state index in [1.165, 1.54) is 0 Å². The normalized spacial score (nSPS) is 15.7. The quantitative estimate of drug-likeness (QED) is 0.841. The number of alkyl halides is 2. The van der Waals surface area contributed by atoms with Crippen LogP contribution < -0.4 is 15.4 Å². The first-order valence-corrected chi connectivity index (χ1v) is 7.00. The van der Waals surface area contributed by atoms with Crippen molar-refractivity contribution in [3.05, 3.63) is 23.8 Å². The Morgan fingerprint density at radius 3 is 2.68 bits per heavy atom. The molecule has 0 bridgehead atoms. The lowest BCUT2D eigenvalue weighted by Gasteiger charge is -2.31. The Balaban J connectivity index is 0.00000242. The summed E-state index contributed by atoms with van der Waals surface area (Å²) in [6.45, 7) is 4.72. The summed E-state index contributed by atoms with van der Waals surface area (Å²) in [6.07, 6.45) is -2.52. The minimum atomic E-state index is -2.52. The molecule has 1 amide bonds. The summed E-state index contributed by atoms with van der Waals surface area (Å²) in [5, 5.41) is 5.95. The number of ether oxygens (including phenoxy) is 1. The molecule has 124 valence electrons. The Kier molecular flexibility index (Phi) is 7.03. The number of anilines is 1. The van der Waals surface area contributed by atoms with Gasteiger partial charge in [-0.25, -0.2) is 8.78 Å². The van der Waals surface area contributed by atoms with Gasteiger partial charge in [-0.2, -0.15) is 0 Å². The number of hydrogen-bond donors (Lipinski definition) is 2. The van der Waals surface area contributed by atoms with E-state index in [0.717, 1.165) is 18.7 Å². The maximum absolute atomic E-state index is 12.2.